The van der Waals surface area contributed by atoms with E-state index in [9.17, 15) is 4.79 Å². The molecule has 1 atom stereocenters. The third-order valence-electron chi connectivity index (χ3n) is 6.08. The topological polar surface area (TPSA) is 36.0 Å². The Morgan fingerprint density at radius 2 is 1.62 bits per heavy atom. The predicted molar refractivity (Wildman–Crippen MR) is 96.1 cm³/mol. The van der Waals surface area contributed by atoms with E-state index in [2.05, 4.69) is 9.80 Å². The van der Waals surface area contributed by atoms with E-state index in [1.807, 2.05) is 11.9 Å². The zero-order valence-corrected chi connectivity index (χ0v) is 15.4. The molecule has 0 aromatic rings. The van der Waals surface area contributed by atoms with Crippen LogP contribution in [0.2, 0.25) is 0 Å². The number of carbonyl (C=O) groups excluding carboxylic acids is 1. The van der Waals surface area contributed by atoms with Gasteiger partial charge in [-0.3, -0.25) is 14.6 Å². The number of carbonyl (C=O) groups is 1. The van der Waals surface area contributed by atoms with Gasteiger partial charge in [0.05, 0.1) is 12.6 Å². The molecule has 3 fully saturated rings. The van der Waals surface area contributed by atoms with Crippen molar-refractivity contribution in [3.63, 3.8) is 0 Å². The second-order valence-electron chi connectivity index (χ2n) is 7.86. The van der Waals surface area contributed by atoms with Gasteiger partial charge in [0.2, 0.25) is 5.91 Å². The summed E-state index contributed by atoms with van der Waals surface area (Å²) in [4.78, 5) is 19.4. The summed E-state index contributed by atoms with van der Waals surface area (Å²) in [6.07, 6.45) is 10.5. The van der Waals surface area contributed by atoms with Crippen molar-refractivity contribution in [1.29, 1.82) is 0 Å². The van der Waals surface area contributed by atoms with Crippen LogP contribution < -0.4 is 0 Å². The molecule has 3 rings (SSSR count). The highest BCUT2D eigenvalue weighted by Crippen LogP contribution is 2.22. The molecule has 0 radical (unpaired) electrons. The SMILES string of the molecule is CN(C(=O)CN1CCN(C[C@H]2CCCCO2)CC1)C1CCCCC1. The van der Waals surface area contributed by atoms with E-state index in [4.69, 9.17) is 4.74 Å². The Hall–Kier alpha value is -0.650. The summed E-state index contributed by atoms with van der Waals surface area (Å²) in [6, 6.07) is 0.482. The van der Waals surface area contributed by atoms with Crippen LogP contribution in [0.3, 0.4) is 0 Å². The van der Waals surface area contributed by atoms with Crippen LogP contribution in [0.15, 0.2) is 0 Å². The van der Waals surface area contributed by atoms with Crippen molar-refractivity contribution in [3.05, 3.63) is 0 Å². The van der Waals surface area contributed by atoms with E-state index in [0.717, 1.165) is 39.3 Å². The molecule has 1 saturated carbocycles. The van der Waals surface area contributed by atoms with Crippen LogP contribution in [0.25, 0.3) is 0 Å². The van der Waals surface area contributed by atoms with Gasteiger partial charge in [0.1, 0.15) is 0 Å². The van der Waals surface area contributed by atoms with E-state index in [1.165, 1.54) is 51.4 Å². The molecule has 0 aromatic carbocycles. The maximum Gasteiger partial charge on any atom is 0.236 e. The molecule has 2 saturated heterocycles. The molecule has 2 aliphatic heterocycles. The molecule has 1 aliphatic carbocycles. The Kier molecular flexibility index (Phi) is 6.93. The molecular weight excluding hydrogens is 302 g/mol. The number of hydrogen-bond donors (Lipinski definition) is 0. The predicted octanol–water partition coefficient (Wildman–Crippen LogP) is 1.96. The minimum atomic E-state index is 0.311. The van der Waals surface area contributed by atoms with Gasteiger partial charge in [-0.2, -0.15) is 0 Å². The highest BCUT2D eigenvalue weighted by atomic mass is 16.5. The molecule has 24 heavy (non-hydrogen) atoms. The van der Waals surface area contributed by atoms with Crippen LogP contribution in [0.5, 0.6) is 0 Å². The van der Waals surface area contributed by atoms with Crippen LogP contribution in [0.4, 0.5) is 0 Å². The minimum absolute atomic E-state index is 0.311. The Balaban J connectivity index is 1.36. The van der Waals surface area contributed by atoms with Crippen molar-refractivity contribution >= 4 is 5.91 Å². The first kappa shape index (κ1) is 18.2. The normalized spacial score (nSPS) is 28.0. The number of ether oxygens (including phenoxy) is 1. The third kappa shape index (κ3) is 5.17. The summed E-state index contributed by atoms with van der Waals surface area (Å²) in [5, 5.41) is 0. The first-order chi connectivity index (χ1) is 11.7. The van der Waals surface area contributed by atoms with Crippen LogP contribution >= 0.6 is 0 Å². The molecule has 2 heterocycles. The van der Waals surface area contributed by atoms with Crippen molar-refractivity contribution in [2.24, 2.45) is 0 Å². The van der Waals surface area contributed by atoms with Crippen LogP contribution in [0, 0.1) is 0 Å². The van der Waals surface area contributed by atoms with Crippen LogP contribution in [-0.2, 0) is 9.53 Å². The highest BCUT2D eigenvalue weighted by Gasteiger charge is 2.26. The van der Waals surface area contributed by atoms with Gasteiger partial charge in [-0.1, -0.05) is 19.3 Å². The average Bonchev–Trinajstić information content (AvgIpc) is 2.64. The van der Waals surface area contributed by atoms with Gasteiger partial charge < -0.3 is 9.64 Å². The summed E-state index contributed by atoms with van der Waals surface area (Å²) in [5.41, 5.74) is 0. The second kappa shape index (κ2) is 9.16. The van der Waals surface area contributed by atoms with E-state index < -0.39 is 0 Å². The molecular formula is C19H35N3O2. The lowest BCUT2D eigenvalue weighted by Crippen LogP contribution is -2.52. The van der Waals surface area contributed by atoms with Gasteiger partial charge >= 0.3 is 0 Å². The Labute approximate surface area is 147 Å². The van der Waals surface area contributed by atoms with Gasteiger partial charge in [-0.25, -0.2) is 0 Å². The summed E-state index contributed by atoms with van der Waals surface area (Å²) < 4.78 is 5.85. The summed E-state index contributed by atoms with van der Waals surface area (Å²) in [5.74, 6) is 0.311. The fourth-order valence-electron chi connectivity index (χ4n) is 4.34. The Morgan fingerprint density at radius 3 is 2.29 bits per heavy atom. The monoisotopic (exact) mass is 337 g/mol. The minimum Gasteiger partial charge on any atom is -0.377 e. The van der Waals surface area contributed by atoms with Crippen LogP contribution in [0.1, 0.15) is 51.4 Å². The summed E-state index contributed by atoms with van der Waals surface area (Å²) in [6.45, 7) is 6.77. The van der Waals surface area contributed by atoms with Crippen molar-refractivity contribution in [2.75, 3.05) is 52.9 Å². The third-order valence-corrected chi connectivity index (χ3v) is 6.08. The van der Waals surface area contributed by atoms with Crippen LogP contribution in [-0.4, -0.2) is 85.7 Å². The van der Waals surface area contributed by atoms with Gasteiger partial charge in [-0.15, -0.1) is 0 Å². The zero-order valence-electron chi connectivity index (χ0n) is 15.4. The number of amides is 1. The lowest BCUT2D eigenvalue weighted by atomic mass is 9.94. The molecule has 138 valence electrons. The average molecular weight is 338 g/mol. The summed E-state index contributed by atoms with van der Waals surface area (Å²) >= 11 is 0. The van der Waals surface area contributed by atoms with E-state index in [0.29, 0.717) is 24.6 Å². The molecule has 0 spiro atoms. The Morgan fingerprint density at radius 1 is 0.958 bits per heavy atom. The van der Waals surface area contributed by atoms with Gasteiger partial charge in [0.15, 0.2) is 0 Å². The first-order valence-corrected chi connectivity index (χ1v) is 10.0. The smallest absolute Gasteiger partial charge is 0.236 e. The van der Waals surface area contributed by atoms with E-state index in [-0.39, 0.29) is 0 Å². The number of piperazine rings is 1. The largest absolute Gasteiger partial charge is 0.377 e. The Bertz CT molecular complexity index is 384. The highest BCUT2D eigenvalue weighted by molar-refractivity contribution is 5.78. The first-order valence-electron chi connectivity index (χ1n) is 10.0. The molecule has 1 amide bonds. The number of nitrogens with zero attached hydrogens (tertiary/aromatic N) is 3. The lowest BCUT2D eigenvalue weighted by molar-refractivity contribution is -0.134. The quantitative estimate of drug-likeness (QED) is 0.768. The van der Waals surface area contributed by atoms with Crippen molar-refractivity contribution < 1.29 is 9.53 Å². The summed E-state index contributed by atoms with van der Waals surface area (Å²) in [7, 11) is 2.01. The molecule has 5 heteroatoms. The molecule has 5 nitrogen and oxygen atoms in total. The lowest BCUT2D eigenvalue weighted by Gasteiger charge is -2.38. The maximum atomic E-state index is 12.6. The molecule has 0 N–H and O–H groups in total. The number of hydrogen-bond acceptors (Lipinski definition) is 4. The van der Waals surface area contributed by atoms with Crippen molar-refractivity contribution in [1.82, 2.24) is 14.7 Å². The molecule has 0 unspecified atom stereocenters. The van der Waals surface area contributed by atoms with Crippen molar-refractivity contribution in [2.45, 2.75) is 63.5 Å². The van der Waals surface area contributed by atoms with Gasteiger partial charge in [0, 0.05) is 52.4 Å². The molecule has 0 aromatic heterocycles. The van der Waals surface area contributed by atoms with E-state index >= 15 is 0 Å². The molecule has 0 bridgehead atoms. The van der Waals surface area contributed by atoms with Gasteiger partial charge in [0.25, 0.3) is 0 Å². The van der Waals surface area contributed by atoms with E-state index in [1.54, 1.807) is 0 Å². The maximum absolute atomic E-state index is 12.6. The number of rotatable bonds is 5. The fraction of sp³-hybridized carbons (Fsp3) is 0.947. The molecule has 3 aliphatic rings. The zero-order chi connectivity index (χ0) is 16.8. The second-order valence-corrected chi connectivity index (χ2v) is 7.86. The number of likely N-dealkylation sites (N-methyl/N-ethyl adjacent to an activating group) is 1. The van der Waals surface area contributed by atoms with Gasteiger partial charge in [-0.05, 0) is 32.1 Å². The standard InChI is InChI=1S/C19H35N3O2/c1-20(17-7-3-2-4-8-17)19(23)16-22-12-10-21(11-13-22)15-18-9-5-6-14-24-18/h17-18H,2-16H2,1H3/t18-/m1/s1. The van der Waals surface area contributed by atoms with Crippen molar-refractivity contribution in [3.8, 4) is 0 Å². The fourth-order valence-corrected chi connectivity index (χ4v) is 4.34.